The predicted molar refractivity (Wildman–Crippen MR) is 92.2 cm³/mol. The highest BCUT2D eigenvalue weighted by Crippen LogP contribution is 2.35. The van der Waals surface area contributed by atoms with Crippen molar-refractivity contribution in [2.24, 2.45) is 0 Å². The average Bonchev–Trinajstić information content (AvgIpc) is 2.97. The summed E-state index contributed by atoms with van der Waals surface area (Å²) in [7, 11) is 0. The lowest BCUT2D eigenvalue weighted by atomic mass is 10.0. The minimum absolute atomic E-state index is 0.0924. The molecule has 1 fully saturated rings. The van der Waals surface area contributed by atoms with E-state index in [2.05, 4.69) is 10.1 Å². The van der Waals surface area contributed by atoms with Gasteiger partial charge in [0.1, 0.15) is 18.2 Å². The normalized spacial score (nSPS) is 17.8. The van der Waals surface area contributed by atoms with Crippen LogP contribution in [0.1, 0.15) is 25.0 Å². The summed E-state index contributed by atoms with van der Waals surface area (Å²) in [6, 6.07) is 6.37. The first kappa shape index (κ1) is 16.0. The Bertz CT molecular complexity index is 888. The number of hydrogen-bond acceptors (Lipinski definition) is 4. The SMILES string of the molecule is Cc1nn2cccnc2c1-c1cc(F)ccc1OCC1CCCCO1. The Kier molecular flexibility index (Phi) is 4.36. The van der Waals surface area contributed by atoms with Crippen LogP contribution < -0.4 is 4.74 Å². The summed E-state index contributed by atoms with van der Waals surface area (Å²) in [5.74, 6) is 0.310. The van der Waals surface area contributed by atoms with E-state index in [1.165, 1.54) is 12.1 Å². The molecule has 2 aromatic heterocycles. The average molecular weight is 341 g/mol. The first-order valence-electron chi connectivity index (χ1n) is 8.56. The fraction of sp³-hybridized carbons (Fsp3) is 0.368. The molecule has 5 nitrogen and oxygen atoms in total. The number of aryl methyl sites for hydroxylation is 1. The molecule has 1 aliphatic heterocycles. The number of rotatable bonds is 4. The van der Waals surface area contributed by atoms with Crippen LogP contribution in [0, 0.1) is 12.7 Å². The summed E-state index contributed by atoms with van der Waals surface area (Å²) < 4.78 is 27.4. The van der Waals surface area contributed by atoms with Gasteiger partial charge in [0.25, 0.3) is 0 Å². The van der Waals surface area contributed by atoms with Gasteiger partial charge in [-0.3, -0.25) is 0 Å². The van der Waals surface area contributed by atoms with E-state index in [9.17, 15) is 4.39 Å². The topological polar surface area (TPSA) is 48.7 Å². The zero-order valence-corrected chi connectivity index (χ0v) is 14.1. The molecule has 1 aromatic carbocycles. The van der Waals surface area contributed by atoms with Gasteiger partial charge < -0.3 is 9.47 Å². The van der Waals surface area contributed by atoms with E-state index in [0.717, 1.165) is 37.1 Å². The summed E-state index contributed by atoms with van der Waals surface area (Å²) in [5, 5.41) is 4.46. The van der Waals surface area contributed by atoms with Crippen molar-refractivity contribution in [1.82, 2.24) is 14.6 Å². The summed E-state index contributed by atoms with van der Waals surface area (Å²) in [6.07, 6.45) is 6.88. The van der Waals surface area contributed by atoms with Crippen LogP contribution in [0.4, 0.5) is 4.39 Å². The number of ether oxygens (including phenoxy) is 2. The van der Waals surface area contributed by atoms with Gasteiger partial charge in [-0.15, -0.1) is 0 Å². The molecule has 0 aliphatic carbocycles. The van der Waals surface area contributed by atoms with Crippen LogP contribution in [0.3, 0.4) is 0 Å². The van der Waals surface area contributed by atoms with Crippen LogP contribution in [-0.2, 0) is 4.74 Å². The van der Waals surface area contributed by atoms with Gasteiger partial charge in [0.15, 0.2) is 5.65 Å². The molecular formula is C19H20FN3O2. The van der Waals surface area contributed by atoms with Gasteiger partial charge in [0.2, 0.25) is 0 Å². The Morgan fingerprint density at radius 2 is 2.28 bits per heavy atom. The fourth-order valence-electron chi connectivity index (χ4n) is 3.26. The molecule has 4 rings (SSSR count). The van der Waals surface area contributed by atoms with Gasteiger partial charge in [-0.1, -0.05) is 0 Å². The summed E-state index contributed by atoms with van der Waals surface area (Å²) in [5.41, 5.74) is 2.93. The molecule has 1 aliphatic rings. The second kappa shape index (κ2) is 6.80. The number of fused-ring (bicyclic) bond motifs is 1. The van der Waals surface area contributed by atoms with Crippen molar-refractivity contribution in [3.63, 3.8) is 0 Å². The Morgan fingerprint density at radius 3 is 3.12 bits per heavy atom. The number of benzene rings is 1. The van der Waals surface area contributed by atoms with Crippen LogP contribution in [0.15, 0.2) is 36.7 Å². The van der Waals surface area contributed by atoms with Gasteiger partial charge in [-0.25, -0.2) is 13.9 Å². The lowest BCUT2D eigenvalue weighted by molar-refractivity contribution is -0.0109. The highest BCUT2D eigenvalue weighted by Gasteiger charge is 2.20. The van der Waals surface area contributed by atoms with E-state index in [1.807, 2.05) is 19.2 Å². The molecule has 130 valence electrons. The van der Waals surface area contributed by atoms with Crippen molar-refractivity contribution in [3.8, 4) is 16.9 Å². The minimum Gasteiger partial charge on any atom is -0.490 e. The molecule has 0 N–H and O–H groups in total. The largest absolute Gasteiger partial charge is 0.490 e. The molecule has 0 saturated carbocycles. The van der Waals surface area contributed by atoms with E-state index in [1.54, 1.807) is 16.8 Å². The Balaban J connectivity index is 1.70. The summed E-state index contributed by atoms with van der Waals surface area (Å²) in [4.78, 5) is 4.40. The van der Waals surface area contributed by atoms with E-state index in [0.29, 0.717) is 23.6 Å². The molecule has 0 radical (unpaired) electrons. The molecular weight excluding hydrogens is 321 g/mol. The number of hydrogen-bond donors (Lipinski definition) is 0. The monoisotopic (exact) mass is 341 g/mol. The van der Waals surface area contributed by atoms with Gasteiger partial charge in [0.05, 0.1) is 17.4 Å². The lowest BCUT2D eigenvalue weighted by Gasteiger charge is -2.23. The van der Waals surface area contributed by atoms with E-state index < -0.39 is 0 Å². The van der Waals surface area contributed by atoms with Crippen LogP contribution in [-0.4, -0.2) is 33.9 Å². The molecule has 1 saturated heterocycles. The fourth-order valence-corrected chi connectivity index (χ4v) is 3.26. The smallest absolute Gasteiger partial charge is 0.163 e. The van der Waals surface area contributed by atoms with E-state index >= 15 is 0 Å². The standard InChI is InChI=1S/C19H20FN3O2/c1-13-18(19-21-8-4-9-23(19)22-13)16-11-14(20)6-7-17(16)25-12-15-5-2-3-10-24-15/h4,6-9,11,15H,2-3,5,10,12H2,1H3. The van der Waals surface area contributed by atoms with Crippen LogP contribution in [0.5, 0.6) is 5.75 Å². The number of nitrogens with zero attached hydrogens (tertiary/aromatic N) is 3. The first-order valence-corrected chi connectivity index (χ1v) is 8.56. The second-order valence-electron chi connectivity index (χ2n) is 6.29. The molecule has 25 heavy (non-hydrogen) atoms. The Labute approximate surface area is 145 Å². The van der Waals surface area contributed by atoms with Crippen molar-refractivity contribution < 1.29 is 13.9 Å². The quantitative estimate of drug-likeness (QED) is 0.724. The maximum absolute atomic E-state index is 13.9. The first-order chi connectivity index (χ1) is 12.2. The molecule has 0 spiro atoms. The van der Waals surface area contributed by atoms with Gasteiger partial charge in [-0.2, -0.15) is 5.10 Å². The third-order valence-corrected chi connectivity index (χ3v) is 4.48. The molecule has 1 unspecified atom stereocenters. The van der Waals surface area contributed by atoms with Crippen molar-refractivity contribution in [3.05, 3.63) is 48.2 Å². The highest BCUT2D eigenvalue weighted by atomic mass is 19.1. The molecule has 3 aromatic rings. The molecule has 1 atom stereocenters. The highest BCUT2D eigenvalue weighted by molar-refractivity contribution is 5.83. The van der Waals surface area contributed by atoms with Crippen molar-refractivity contribution in [1.29, 1.82) is 0 Å². The lowest BCUT2D eigenvalue weighted by Crippen LogP contribution is -2.25. The van der Waals surface area contributed by atoms with E-state index in [4.69, 9.17) is 9.47 Å². The van der Waals surface area contributed by atoms with Crippen molar-refractivity contribution >= 4 is 5.65 Å². The number of aromatic nitrogens is 3. The maximum atomic E-state index is 13.9. The summed E-state index contributed by atoms with van der Waals surface area (Å²) in [6.45, 7) is 3.13. The molecule has 3 heterocycles. The third kappa shape index (κ3) is 3.22. The third-order valence-electron chi connectivity index (χ3n) is 4.48. The van der Waals surface area contributed by atoms with E-state index in [-0.39, 0.29) is 11.9 Å². The molecule has 0 amide bonds. The zero-order chi connectivity index (χ0) is 17.2. The zero-order valence-electron chi connectivity index (χ0n) is 14.1. The predicted octanol–water partition coefficient (Wildman–Crippen LogP) is 3.79. The van der Waals surface area contributed by atoms with Gasteiger partial charge >= 0.3 is 0 Å². The van der Waals surface area contributed by atoms with Crippen molar-refractivity contribution in [2.45, 2.75) is 32.3 Å². The number of halogens is 1. The van der Waals surface area contributed by atoms with Gasteiger partial charge in [-0.05, 0) is 50.5 Å². The molecule has 0 bridgehead atoms. The Hall–Kier alpha value is -2.47. The maximum Gasteiger partial charge on any atom is 0.163 e. The van der Waals surface area contributed by atoms with Crippen LogP contribution >= 0.6 is 0 Å². The van der Waals surface area contributed by atoms with Crippen molar-refractivity contribution in [2.75, 3.05) is 13.2 Å². The Morgan fingerprint density at radius 1 is 1.36 bits per heavy atom. The van der Waals surface area contributed by atoms with Crippen LogP contribution in [0.25, 0.3) is 16.8 Å². The second-order valence-corrected chi connectivity index (χ2v) is 6.29. The summed E-state index contributed by atoms with van der Waals surface area (Å²) >= 11 is 0. The van der Waals surface area contributed by atoms with Gasteiger partial charge in [0, 0.05) is 24.6 Å². The van der Waals surface area contributed by atoms with Crippen LogP contribution in [0.2, 0.25) is 0 Å². The molecule has 6 heteroatoms. The minimum atomic E-state index is -0.314.